The number of ether oxygens (including phenoxy) is 2. The van der Waals surface area contributed by atoms with E-state index in [9.17, 15) is 14.7 Å². The summed E-state index contributed by atoms with van der Waals surface area (Å²) in [5.41, 5.74) is 0. The van der Waals surface area contributed by atoms with Crippen molar-refractivity contribution in [3.8, 4) is 0 Å². The fourth-order valence-electron chi connectivity index (χ4n) is 7.44. The van der Waals surface area contributed by atoms with Gasteiger partial charge in [-0.3, -0.25) is 4.79 Å². The fourth-order valence-corrected chi connectivity index (χ4v) is 7.44. The number of rotatable bonds is 44. The van der Waals surface area contributed by atoms with Crippen LogP contribution in [-0.2, 0) is 14.3 Å². The first-order chi connectivity index (χ1) is 27.0. The van der Waals surface area contributed by atoms with Crippen LogP contribution in [0.3, 0.4) is 0 Å². The number of esters is 1. The van der Waals surface area contributed by atoms with Gasteiger partial charge in [0.2, 0.25) is 0 Å². The molecule has 1 atom stereocenters. The number of carbonyl (C=O) groups is 2. The van der Waals surface area contributed by atoms with Gasteiger partial charge in [0.05, 0.1) is 12.7 Å². The first-order valence-corrected chi connectivity index (χ1v) is 24.1. The first-order valence-electron chi connectivity index (χ1n) is 24.1. The largest absolute Gasteiger partial charge is 0.466 e. The molecule has 8 heteroatoms. The smallest absolute Gasteiger partial charge is 0.314 e. The van der Waals surface area contributed by atoms with Crippen molar-refractivity contribution in [3.63, 3.8) is 0 Å². The maximum Gasteiger partial charge on any atom is 0.314 e. The molecule has 0 aliphatic rings. The predicted molar refractivity (Wildman–Crippen MR) is 235 cm³/mol. The molecule has 0 saturated carbocycles. The average Bonchev–Trinajstić information content (AvgIpc) is 3.18. The summed E-state index contributed by atoms with van der Waals surface area (Å²) in [5.74, 6) is -0.0294. The zero-order valence-electron chi connectivity index (χ0n) is 37.3. The summed E-state index contributed by atoms with van der Waals surface area (Å²) in [6.45, 7) is 11.2. The molecule has 0 radical (unpaired) electrons. The molecule has 0 fully saturated rings. The van der Waals surface area contributed by atoms with Crippen LogP contribution in [-0.4, -0.2) is 74.2 Å². The third kappa shape index (κ3) is 40.6. The topological polar surface area (TPSA) is 100 Å². The molecule has 0 aromatic carbocycles. The molecular weight excluding hydrogens is 687 g/mol. The summed E-state index contributed by atoms with van der Waals surface area (Å²) in [5, 5.41) is 16.3. The summed E-state index contributed by atoms with van der Waals surface area (Å²) in [6, 6.07) is -0.116. The van der Waals surface area contributed by atoms with Crippen molar-refractivity contribution in [2.24, 2.45) is 0 Å². The Balaban J connectivity index is 4.28. The second kappa shape index (κ2) is 43.7. The lowest BCUT2D eigenvalue weighted by Gasteiger charge is -2.23. The van der Waals surface area contributed by atoms with Crippen molar-refractivity contribution < 1.29 is 24.2 Å². The van der Waals surface area contributed by atoms with E-state index in [1.54, 1.807) is 7.05 Å². The molecule has 0 rings (SSSR count). The molecular formula is C47H95N3O5. The number of aliphatic hydroxyl groups excluding tert-OH is 1. The van der Waals surface area contributed by atoms with E-state index in [2.05, 4.69) is 36.3 Å². The summed E-state index contributed by atoms with van der Waals surface area (Å²) >= 11 is 0. The number of nitrogens with one attached hydrogen (secondary N) is 2. The molecule has 0 bridgehead atoms. The second-order valence-electron chi connectivity index (χ2n) is 16.4. The summed E-state index contributed by atoms with van der Waals surface area (Å²) in [7, 11) is 1.65. The maximum absolute atomic E-state index is 12.1. The van der Waals surface area contributed by atoms with E-state index in [-0.39, 0.29) is 18.1 Å². The van der Waals surface area contributed by atoms with Crippen LogP contribution in [0.1, 0.15) is 239 Å². The van der Waals surface area contributed by atoms with Gasteiger partial charge >= 0.3 is 12.0 Å². The molecule has 0 aromatic heterocycles. The third-order valence-corrected chi connectivity index (χ3v) is 11.1. The normalized spacial score (nSPS) is 12.1. The van der Waals surface area contributed by atoms with Crippen LogP contribution in [0.5, 0.6) is 0 Å². The molecule has 3 N–H and O–H groups in total. The highest BCUT2D eigenvalue weighted by Crippen LogP contribution is 2.20. The van der Waals surface area contributed by atoms with Crippen molar-refractivity contribution in [2.45, 2.75) is 251 Å². The Morgan fingerprint density at radius 2 is 0.945 bits per heavy atom. The number of hydrogen-bond acceptors (Lipinski definition) is 6. The number of urea groups is 1. The number of hydrogen-bond donors (Lipinski definition) is 3. The molecule has 0 heterocycles. The summed E-state index contributed by atoms with van der Waals surface area (Å²) in [4.78, 5) is 26.2. The second-order valence-corrected chi connectivity index (χ2v) is 16.4. The number of carbonyl (C=O) groups excluding carboxylic acids is 2. The highest BCUT2D eigenvalue weighted by molar-refractivity contribution is 5.73. The Hall–Kier alpha value is -1.38. The minimum atomic E-state index is -0.627. The van der Waals surface area contributed by atoms with Crippen LogP contribution in [0.25, 0.3) is 0 Å². The van der Waals surface area contributed by atoms with E-state index >= 15 is 0 Å². The van der Waals surface area contributed by atoms with Gasteiger partial charge in [-0.05, 0) is 77.4 Å². The van der Waals surface area contributed by atoms with Gasteiger partial charge in [-0.1, -0.05) is 175 Å². The van der Waals surface area contributed by atoms with Gasteiger partial charge in [-0.15, -0.1) is 0 Å². The Kier molecular flexibility index (Phi) is 42.6. The average molecular weight is 782 g/mol. The highest BCUT2D eigenvalue weighted by Gasteiger charge is 2.15. The van der Waals surface area contributed by atoms with E-state index in [0.29, 0.717) is 19.6 Å². The van der Waals surface area contributed by atoms with Gasteiger partial charge < -0.3 is 30.1 Å². The van der Waals surface area contributed by atoms with Gasteiger partial charge in [-0.2, -0.15) is 0 Å². The van der Waals surface area contributed by atoms with Crippen LogP contribution in [0.2, 0.25) is 0 Å². The van der Waals surface area contributed by atoms with Crippen LogP contribution >= 0.6 is 0 Å². The molecule has 328 valence electrons. The Bertz CT molecular complexity index is 785. The molecule has 1 unspecified atom stereocenters. The number of nitrogens with zero attached hydrogens (tertiary/aromatic N) is 1. The van der Waals surface area contributed by atoms with Crippen LogP contribution < -0.4 is 10.6 Å². The zero-order valence-corrected chi connectivity index (χ0v) is 37.3. The van der Waals surface area contributed by atoms with Gasteiger partial charge in [0.25, 0.3) is 0 Å². The molecule has 8 nitrogen and oxygen atoms in total. The highest BCUT2D eigenvalue weighted by atomic mass is 16.6. The van der Waals surface area contributed by atoms with Gasteiger partial charge in [0.1, 0.15) is 0 Å². The van der Waals surface area contributed by atoms with Crippen LogP contribution in [0.4, 0.5) is 4.79 Å². The molecule has 0 aliphatic heterocycles. The maximum atomic E-state index is 12.1. The van der Waals surface area contributed by atoms with Gasteiger partial charge in [0, 0.05) is 20.0 Å². The minimum absolute atomic E-state index is 0.0294. The van der Waals surface area contributed by atoms with E-state index in [1.165, 1.54) is 148 Å². The number of aliphatic hydroxyl groups is 1. The van der Waals surface area contributed by atoms with E-state index in [1.807, 2.05) is 0 Å². The number of amides is 2. The Labute approximate surface area is 342 Å². The standard InChI is InChI=1S/C47H95N3O5/c1-5-8-11-14-17-26-33-43-54-45(51)37-29-22-18-24-31-40-50(42-34-39-49-47(53)48-4)41-32-25-19-23-30-38-46(52)55-44(35-27-20-15-12-9-6-2)36-28-21-16-13-10-7-3/h44,46,52H,5-43H2,1-4H3,(H2,48,49,53). The molecule has 55 heavy (non-hydrogen) atoms. The van der Waals surface area contributed by atoms with Crippen LogP contribution in [0, 0.1) is 0 Å². The SMILES string of the molecule is CCCCCCCCCOC(=O)CCCCCCCN(CCCCCCCC(O)OC(CCCCCCCC)CCCCCCCC)CCCNC(=O)NC. The summed E-state index contributed by atoms with van der Waals surface area (Å²) in [6.07, 6.45) is 39.5. The van der Waals surface area contributed by atoms with Crippen molar-refractivity contribution in [1.82, 2.24) is 15.5 Å². The van der Waals surface area contributed by atoms with Crippen LogP contribution in [0.15, 0.2) is 0 Å². The summed E-state index contributed by atoms with van der Waals surface area (Å²) < 4.78 is 11.7. The Morgan fingerprint density at radius 1 is 0.527 bits per heavy atom. The Morgan fingerprint density at radius 3 is 1.45 bits per heavy atom. The monoisotopic (exact) mass is 782 g/mol. The lowest BCUT2D eigenvalue weighted by molar-refractivity contribution is -0.144. The quantitative estimate of drug-likeness (QED) is 0.0323. The van der Waals surface area contributed by atoms with E-state index in [4.69, 9.17) is 9.47 Å². The van der Waals surface area contributed by atoms with Gasteiger partial charge in [0.15, 0.2) is 6.29 Å². The molecule has 0 spiro atoms. The molecule has 2 amide bonds. The lowest BCUT2D eigenvalue weighted by atomic mass is 10.0. The van der Waals surface area contributed by atoms with Crippen molar-refractivity contribution in [1.29, 1.82) is 0 Å². The van der Waals surface area contributed by atoms with Crippen molar-refractivity contribution in [3.05, 3.63) is 0 Å². The van der Waals surface area contributed by atoms with Crippen molar-refractivity contribution in [2.75, 3.05) is 39.8 Å². The molecule has 0 saturated heterocycles. The number of unbranched alkanes of at least 4 members (excludes halogenated alkanes) is 24. The minimum Gasteiger partial charge on any atom is -0.466 e. The lowest BCUT2D eigenvalue weighted by Crippen LogP contribution is -2.35. The van der Waals surface area contributed by atoms with Gasteiger partial charge in [-0.25, -0.2) is 4.79 Å². The molecule has 0 aromatic rings. The van der Waals surface area contributed by atoms with E-state index in [0.717, 1.165) is 83.8 Å². The fraction of sp³-hybridized carbons (Fsp3) is 0.957. The van der Waals surface area contributed by atoms with E-state index < -0.39 is 6.29 Å². The zero-order chi connectivity index (χ0) is 40.3. The third-order valence-electron chi connectivity index (χ3n) is 11.1. The first kappa shape index (κ1) is 53.6. The van der Waals surface area contributed by atoms with Crippen molar-refractivity contribution >= 4 is 12.0 Å². The predicted octanol–water partition coefficient (Wildman–Crippen LogP) is 12.8. The molecule has 0 aliphatic carbocycles.